The first-order valence-electron chi connectivity index (χ1n) is 7.57. The van der Waals surface area contributed by atoms with E-state index in [1.807, 2.05) is 42.6 Å². The van der Waals surface area contributed by atoms with Crippen LogP contribution in [0.3, 0.4) is 0 Å². The summed E-state index contributed by atoms with van der Waals surface area (Å²) < 4.78 is 1.05. The Balaban J connectivity index is 1.88. The van der Waals surface area contributed by atoms with Crippen molar-refractivity contribution in [3.05, 3.63) is 64.4 Å². The van der Waals surface area contributed by atoms with Crippen molar-refractivity contribution in [2.45, 2.75) is 37.7 Å². The molecule has 1 aliphatic rings. The molecule has 1 aromatic heterocycles. The van der Waals surface area contributed by atoms with Crippen LogP contribution < -0.4 is 0 Å². The monoisotopic (exact) mass is 345 g/mol. The first-order chi connectivity index (χ1) is 10.2. The quantitative estimate of drug-likeness (QED) is 0.890. The molecule has 21 heavy (non-hydrogen) atoms. The second-order valence-corrected chi connectivity index (χ2v) is 6.81. The highest BCUT2D eigenvalue weighted by molar-refractivity contribution is 9.10. The summed E-state index contributed by atoms with van der Waals surface area (Å²) in [6.45, 7) is 0. The number of aromatic nitrogens is 1. The second kappa shape index (κ2) is 6.29. The normalized spacial score (nSPS) is 25.7. The van der Waals surface area contributed by atoms with Gasteiger partial charge < -0.3 is 5.11 Å². The van der Waals surface area contributed by atoms with Gasteiger partial charge in [0, 0.05) is 16.4 Å². The lowest BCUT2D eigenvalue weighted by Crippen LogP contribution is -2.39. The average molecular weight is 346 g/mol. The second-order valence-electron chi connectivity index (χ2n) is 5.90. The highest BCUT2D eigenvalue weighted by Gasteiger charge is 2.40. The smallest absolute Gasteiger partial charge is 0.0928 e. The Kier molecular flexibility index (Phi) is 4.41. The SMILES string of the molecule is O[C@]1(c2ccc(Br)cc2)CCCC[C@@H]1Cc1ccccn1. The molecule has 0 radical (unpaired) electrons. The Labute approximate surface area is 134 Å². The number of rotatable bonds is 3. The average Bonchev–Trinajstić information content (AvgIpc) is 2.51. The molecule has 0 spiro atoms. The third kappa shape index (κ3) is 3.19. The number of halogens is 1. The van der Waals surface area contributed by atoms with E-state index in [-0.39, 0.29) is 5.92 Å². The Morgan fingerprint density at radius 3 is 2.67 bits per heavy atom. The van der Waals surface area contributed by atoms with Crippen molar-refractivity contribution in [2.24, 2.45) is 5.92 Å². The summed E-state index contributed by atoms with van der Waals surface area (Å²) in [6, 6.07) is 14.1. The lowest BCUT2D eigenvalue weighted by Gasteiger charge is -2.40. The van der Waals surface area contributed by atoms with E-state index in [0.29, 0.717) is 0 Å². The highest BCUT2D eigenvalue weighted by atomic mass is 79.9. The minimum atomic E-state index is -0.726. The molecule has 0 amide bonds. The topological polar surface area (TPSA) is 33.1 Å². The Hall–Kier alpha value is -1.19. The first kappa shape index (κ1) is 14.7. The van der Waals surface area contributed by atoms with E-state index in [9.17, 15) is 5.11 Å². The van der Waals surface area contributed by atoms with Crippen LogP contribution in [-0.2, 0) is 12.0 Å². The van der Waals surface area contributed by atoms with Crippen molar-refractivity contribution in [1.82, 2.24) is 4.98 Å². The van der Waals surface area contributed by atoms with Gasteiger partial charge in [-0.3, -0.25) is 4.98 Å². The van der Waals surface area contributed by atoms with E-state index in [1.165, 1.54) is 6.42 Å². The van der Waals surface area contributed by atoms with Gasteiger partial charge in [-0.05, 0) is 55.0 Å². The third-order valence-corrected chi connectivity index (χ3v) is 5.09. The predicted octanol–water partition coefficient (Wildman–Crippen LogP) is 4.46. The summed E-state index contributed by atoms with van der Waals surface area (Å²) in [7, 11) is 0. The van der Waals surface area contributed by atoms with Gasteiger partial charge in [0.05, 0.1) is 5.60 Å². The highest BCUT2D eigenvalue weighted by Crippen LogP contribution is 2.43. The number of hydrogen-bond acceptors (Lipinski definition) is 2. The summed E-state index contributed by atoms with van der Waals surface area (Å²) in [5, 5.41) is 11.3. The molecule has 2 aromatic rings. The van der Waals surface area contributed by atoms with Crippen LogP contribution in [0.4, 0.5) is 0 Å². The molecule has 1 heterocycles. The molecular weight excluding hydrogens is 326 g/mol. The number of nitrogens with zero attached hydrogens (tertiary/aromatic N) is 1. The van der Waals surface area contributed by atoms with Crippen molar-refractivity contribution in [3.8, 4) is 0 Å². The maximum Gasteiger partial charge on any atom is 0.0928 e. The van der Waals surface area contributed by atoms with E-state index in [4.69, 9.17) is 0 Å². The Morgan fingerprint density at radius 2 is 1.95 bits per heavy atom. The molecule has 3 heteroatoms. The Bertz CT molecular complexity index is 584. The standard InChI is InChI=1S/C18H20BrNO/c19-16-9-7-14(8-10-16)18(21)11-3-1-5-15(18)13-17-6-2-4-12-20-17/h2,4,6-10,12,15,21H,1,3,5,11,13H2/t15-,18+/m1/s1. The van der Waals surface area contributed by atoms with Crippen molar-refractivity contribution in [1.29, 1.82) is 0 Å². The zero-order chi connectivity index (χ0) is 14.7. The lowest BCUT2D eigenvalue weighted by molar-refractivity contribution is -0.0545. The van der Waals surface area contributed by atoms with Gasteiger partial charge in [-0.1, -0.05) is 47.0 Å². The molecule has 1 aliphatic carbocycles. The summed E-state index contributed by atoms with van der Waals surface area (Å²) in [4.78, 5) is 4.43. The van der Waals surface area contributed by atoms with Gasteiger partial charge in [0.2, 0.25) is 0 Å². The van der Waals surface area contributed by atoms with Gasteiger partial charge in [0.15, 0.2) is 0 Å². The maximum atomic E-state index is 11.3. The number of pyridine rings is 1. The number of benzene rings is 1. The van der Waals surface area contributed by atoms with Crippen LogP contribution in [0.5, 0.6) is 0 Å². The fourth-order valence-electron chi connectivity index (χ4n) is 3.39. The van der Waals surface area contributed by atoms with Gasteiger partial charge in [-0.25, -0.2) is 0 Å². The van der Waals surface area contributed by atoms with Crippen LogP contribution in [0, 0.1) is 5.92 Å². The van der Waals surface area contributed by atoms with Crippen molar-refractivity contribution in [3.63, 3.8) is 0 Å². The van der Waals surface area contributed by atoms with Crippen molar-refractivity contribution in [2.75, 3.05) is 0 Å². The number of aliphatic hydroxyl groups is 1. The van der Waals surface area contributed by atoms with Gasteiger partial charge in [-0.2, -0.15) is 0 Å². The molecule has 3 rings (SSSR count). The van der Waals surface area contributed by atoms with E-state index in [1.54, 1.807) is 0 Å². The summed E-state index contributed by atoms with van der Waals surface area (Å²) in [5.74, 6) is 0.238. The molecule has 1 fully saturated rings. The van der Waals surface area contributed by atoms with E-state index >= 15 is 0 Å². The van der Waals surface area contributed by atoms with Crippen molar-refractivity contribution < 1.29 is 5.11 Å². The van der Waals surface area contributed by atoms with Crippen LogP contribution in [0.1, 0.15) is 36.9 Å². The molecule has 0 saturated heterocycles. The summed E-state index contributed by atoms with van der Waals surface area (Å²) in [6.07, 6.45) is 6.85. The minimum absolute atomic E-state index is 0.238. The molecule has 0 aliphatic heterocycles. The molecule has 110 valence electrons. The van der Waals surface area contributed by atoms with Gasteiger partial charge in [0.25, 0.3) is 0 Å². The summed E-state index contributed by atoms with van der Waals surface area (Å²) in [5.41, 5.74) is 1.38. The maximum absolute atomic E-state index is 11.3. The predicted molar refractivity (Wildman–Crippen MR) is 87.9 cm³/mol. The minimum Gasteiger partial charge on any atom is -0.385 e. The van der Waals surface area contributed by atoms with Gasteiger partial charge in [0.1, 0.15) is 0 Å². The van der Waals surface area contributed by atoms with Crippen LogP contribution in [0.15, 0.2) is 53.1 Å². The Morgan fingerprint density at radius 1 is 1.14 bits per heavy atom. The summed E-state index contributed by atoms with van der Waals surface area (Å²) >= 11 is 3.46. The number of hydrogen-bond donors (Lipinski definition) is 1. The van der Waals surface area contributed by atoms with E-state index in [2.05, 4.69) is 27.0 Å². The van der Waals surface area contributed by atoms with Crippen LogP contribution in [-0.4, -0.2) is 10.1 Å². The molecular formula is C18H20BrNO. The molecule has 1 saturated carbocycles. The van der Waals surface area contributed by atoms with E-state index < -0.39 is 5.60 Å². The van der Waals surface area contributed by atoms with Crippen LogP contribution in [0.25, 0.3) is 0 Å². The first-order valence-corrected chi connectivity index (χ1v) is 8.36. The molecule has 0 bridgehead atoms. The molecule has 1 N–H and O–H groups in total. The fourth-order valence-corrected chi connectivity index (χ4v) is 3.65. The molecule has 2 atom stereocenters. The van der Waals surface area contributed by atoms with Crippen molar-refractivity contribution >= 4 is 15.9 Å². The largest absolute Gasteiger partial charge is 0.385 e. The van der Waals surface area contributed by atoms with Gasteiger partial charge >= 0.3 is 0 Å². The molecule has 2 nitrogen and oxygen atoms in total. The lowest BCUT2D eigenvalue weighted by atomic mass is 9.70. The van der Waals surface area contributed by atoms with E-state index in [0.717, 1.165) is 41.4 Å². The third-order valence-electron chi connectivity index (χ3n) is 4.56. The molecule has 1 aromatic carbocycles. The molecule has 0 unspecified atom stereocenters. The zero-order valence-corrected chi connectivity index (χ0v) is 13.6. The van der Waals surface area contributed by atoms with Gasteiger partial charge in [-0.15, -0.1) is 0 Å². The fraction of sp³-hybridized carbons (Fsp3) is 0.389. The van der Waals surface area contributed by atoms with Crippen LogP contribution in [0.2, 0.25) is 0 Å². The zero-order valence-electron chi connectivity index (χ0n) is 12.0. The van der Waals surface area contributed by atoms with Crippen LogP contribution >= 0.6 is 15.9 Å².